The predicted molar refractivity (Wildman–Crippen MR) is 107 cm³/mol. The van der Waals surface area contributed by atoms with Gasteiger partial charge in [-0.3, -0.25) is 0 Å². The van der Waals surface area contributed by atoms with Gasteiger partial charge in [-0.2, -0.15) is 0 Å². The van der Waals surface area contributed by atoms with E-state index in [2.05, 4.69) is 29.2 Å². The first kappa shape index (κ1) is 18.5. The van der Waals surface area contributed by atoms with Crippen LogP contribution in [0.25, 0.3) is 0 Å². The normalized spacial score (nSPS) is 10.3. The molecule has 0 aromatic heterocycles. The van der Waals surface area contributed by atoms with Gasteiger partial charge in [-0.15, -0.1) is 0 Å². The Labute approximate surface area is 160 Å². The van der Waals surface area contributed by atoms with E-state index in [1.807, 2.05) is 54.6 Å². The first-order valence-corrected chi connectivity index (χ1v) is 8.80. The number of benzene rings is 3. The fraction of sp³-hybridized carbons (Fsp3) is 0.174. The summed E-state index contributed by atoms with van der Waals surface area (Å²) in [4.78, 5) is 14.4. The van der Waals surface area contributed by atoms with Gasteiger partial charge in [0.05, 0.1) is 14.2 Å². The molecule has 0 radical (unpaired) electrons. The van der Waals surface area contributed by atoms with Crippen LogP contribution in [0.5, 0.6) is 5.75 Å². The monoisotopic (exact) mass is 361 g/mol. The van der Waals surface area contributed by atoms with E-state index in [0.717, 1.165) is 18.8 Å². The van der Waals surface area contributed by atoms with Gasteiger partial charge >= 0.3 is 5.97 Å². The van der Waals surface area contributed by atoms with Gasteiger partial charge in [-0.05, 0) is 29.3 Å². The van der Waals surface area contributed by atoms with Crippen molar-refractivity contribution in [3.63, 3.8) is 0 Å². The van der Waals surface area contributed by atoms with Gasteiger partial charge < -0.3 is 14.4 Å². The van der Waals surface area contributed by atoms with Crippen molar-refractivity contribution >= 4 is 11.7 Å². The summed E-state index contributed by atoms with van der Waals surface area (Å²) in [6.45, 7) is 1.45. The van der Waals surface area contributed by atoms with Gasteiger partial charge in [0.15, 0.2) is 0 Å². The SMILES string of the molecule is COC(=O)c1cc(N(Cc2ccccc2)Cc2ccccc2)ccc1OC. The zero-order chi connectivity index (χ0) is 19.1. The molecule has 0 heterocycles. The molecule has 0 saturated carbocycles. The van der Waals surface area contributed by atoms with Crippen molar-refractivity contribution in [2.45, 2.75) is 13.1 Å². The minimum atomic E-state index is -0.409. The summed E-state index contributed by atoms with van der Waals surface area (Å²) < 4.78 is 10.2. The fourth-order valence-electron chi connectivity index (χ4n) is 3.01. The van der Waals surface area contributed by atoms with Crippen molar-refractivity contribution in [1.29, 1.82) is 0 Å². The highest BCUT2D eigenvalue weighted by Crippen LogP contribution is 2.28. The van der Waals surface area contributed by atoms with Crippen LogP contribution in [-0.2, 0) is 17.8 Å². The maximum atomic E-state index is 12.2. The lowest BCUT2D eigenvalue weighted by Gasteiger charge is -2.26. The summed E-state index contributed by atoms with van der Waals surface area (Å²) in [6, 6.07) is 26.2. The zero-order valence-electron chi connectivity index (χ0n) is 15.6. The molecule has 0 aliphatic heterocycles. The number of nitrogens with zero attached hydrogens (tertiary/aromatic N) is 1. The minimum absolute atomic E-state index is 0.409. The van der Waals surface area contributed by atoms with Crippen molar-refractivity contribution in [3.05, 3.63) is 95.6 Å². The van der Waals surface area contributed by atoms with Crippen LogP contribution in [0.2, 0.25) is 0 Å². The van der Waals surface area contributed by atoms with E-state index in [4.69, 9.17) is 9.47 Å². The van der Waals surface area contributed by atoms with E-state index >= 15 is 0 Å². The van der Waals surface area contributed by atoms with Crippen molar-refractivity contribution in [3.8, 4) is 5.75 Å². The number of ether oxygens (including phenoxy) is 2. The molecule has 0 bridgehead atoms. The predicted octanol–water partition coefficient (Wildman–Crippen LogP) is 4.69. The standard InChI is InChI=1S/C23H23NO3/c1-26-22-14-13-20(15-21(22)23(25)27-2)24(16-18-9-5-3-6-10-18)17-19-11-7-4-8-12-19/h3-15H,16-17H2,1-2H3. The zero-order valence-corrected chi connectivity index (χ0v) is 15.6. The number of esters is 1. The number of carbonyl (C=O) groups excluding carboxylic acids is 1. The van der Waals surface area contributed by atoms with Gasteiger partial charge in [-0.1, -0.05) is 60.7 Å². The van der Waals surface area contributed by atoms with Crippen LogP contribution in [0.3, 0.4) is 0 Å². The molecule has 0 unspecified atom stereocenters. The van der Waals surface area contributed by atoms with Gasteiger partial charge in [0.2, 0.25) is 0 Å². The van der Waals surface area contributed by atoms with Gasteiger partial charge in [0.25, 0.3) is 0 Å². The Hall–Kier alpha value is -3.27. The molecule has 3 rings (SSSR count). The van der Waals surface area contributed by atoms with Crippen LogP contribution in [0, 0.1) is 0 Å². The first-order valence-electron chi connectivity index (χ1n) is 8.80. The summed E-state index contributed by atoms with van der Waals surface area (Å²) in [5.41, 5.74) is 3.75. The maximum Gasteiger partial charge on any atom is 0.341 e. The molecule has 27 heavy (non-hydrogen) atoms. The molecule has 4 nitrogen and oxygen atoms in total. The molecule has 0 aliphatic rings. The van der Waals surface area contributed by atoms with Crippen LogP contribution in [0.4, 0.5) is 5.69 Å². The van der Waals surface area contributed by atoms with Crippen LogP contribution in [0.1, 0.15) is 21.5 Å². The summed E-state index contributed by atoms with van der Waals surface area (Å²) in [5, 5.41) is 0. The molecule has 4 heteroatoms. The number of carbonyl (C=O) groups is 1. The summed E-state index contributed by atoms with van der Waals surface area (Å²) >= 11 is 0. The number of rotatable bonds is 7. The lowest BCUT2D eigenvalue weighted by Crippen LogP contribution is -2.22. The molecule has 3 aromatic carbocycles. The summed E-state index contributed by atoms with van der Waals surface area (Å²) in [5.74, 6) is 0.0954. The van der Waals surface area contributed by atoms with E-state index in [0.29, 0.717) is 11.3 Å². The quantitative estimate of drug-likeness (QED) is 0.572. The second-order valence-electron chi connectivity index (χ2n) is 6.20. The van der Waals surface area contributed by atoms with Crippen molar-refractivity contribution < 1.29 is 14.3 Å². The molecule has 3 aromatic rings. The van der Waals surface area contributed by atoms with Gasteiger partial charge in [0, 0.05) is 18.8 Å². The maximum absolute atomic E-state index is 12.2. The Bertz CT molecular complexity index is 837. The number of methoxy groups -OCH3 is 2. The van der Waals surface area contributed by atoms with E-state index in [1.165, 1.54) is 18.2 Å². The second-order valence-corrected chi connectivity index (χ2v) is 6.20. The van der Waals surface area contributed by atoms with Gasteiger partial charge in [0.1, 0.15) is 11.3 Å². The summed E-state index contributed by atoms with van der Waals surface area (Å²) in [6.07, 6.45) is 0. The molecular weight excluding hydrogens is 338 g/mol. The van der Waals surface area contributed by atoms with E-state index < -0.39 is 5.97 Å². The first-order chi connectivity index (χ1) is 13.2. The number of hydrogen-bond acceptors (Lipinski definition) is 4. The lowest BCUT2D eigenvalue weighted by molar-refractivity contribution is 0.0597. The Morgan fingerprint density at radius 3 is 1.85 bits per heavy atom. The van der Waals surface area contributed by atoms with Crippen molar-refractivity contribution in [1.82, 2.24) is 0 Å². The lowest BCUT2D eigenvalue weighted by atomic mass is 10.1. The third-order valence-electron chi connectivity index (χ3n) is 4.39. The van der Waals surface area contributed by atoms with Crippen molar-refractivity contribution in [2.24, 2.45) is 0 Å². The average molecular weight is 361 g/mol. The highest BCUT2D eigenvalue weighted by Gasteiger charge is 2.17. The average Bonchev–Trinajstić information content (AvgIpc) is 2.73. The van der Waals surface area contributed by atoms with Crippen molar-refractivity contribution in [2.75, 3.05) is 19.1 Å². The molecule has 0 spiro atoms. The van der Waals surface area contributed by atoms with Crippen LogP contribution in [-0.4, -0.2) is 20.2 Å². The van der Waals surface area contributed by atoms with Crippen LogP contribution < -0.4 is 9.64 Å². The molecule has 0 N–H and O–H groups in total. The largest absolute Gasteiger partial charge is 0.496 e. The minimum Gasteiger partial charge on any atom is -0.496 e. The second kappa shape index (κ2) is 8.90. The Morgan fingerprint density at radius 1 is 0.815 bits per heavy atom. The highest BCUT2D eigenvalue weighted by atomic mass is 16.5. The third-order valence-corrected chi connectivity index (χ3v) is 4.39. The third kappa shape index (κ3) is 4.67. The molecule has 0 atom stereocenters. The Morgan fingerprint density at radius 2 is 1.37 bits per heavy atom. The van der Waals surface area contributed by atoms with E-state index in [1.54, 1.807) is 7.11 Å². The Kier molecular flexibility index (Phi) is 6.10. The molecule has 0 saturated heterocycles. The number of hydrogen-bond donors (Lipinski definition) is 0. The van der Waals surface area contributed by atoms with Crippen LogP contribution >= 0.6 is 0 Å². The summed E-state index contributed by atoms with van der Waals surface area (Å²) in [7, 11) is 2.92. The van der Waals surface area contributed by atoms with Gasteiger partial charge in [-0.25, -0.2) is 4.79 Å². The molecule has 138 valence electrons. The smallest absolute Gasteiger partial charge is 0.341 e. The van der Waals surface area contributed by atoms with Crippen LogP contribution in [0.15, 0.2) is 78.9 Å². The number of anilines is 1. The molecule has 0 amide bonds. The van der Waals surface area contributed by atoms with E-state index in [9.17, 15) is 4.79 Å². The molecule has 0 aliphatic carbocycles. The molecular formula is C23H23NO3. The molecule has 0 fully saturated rings. The Balaban J connectivity index is 1.97. The van der Waals surface area contributed by atoms with E-state index in [-0.39, 0.29) is 0 Å². The fourth-order valence-corrected chi connectivity index (χ4v) is 3.01. The highest BCUT2D eigenvalue weighted by molar-refractivity contribution is 5.93. The topological polar surface area (TPSA) is 38.8 Å².